The molecule has 0 bridgehead atoms. The van der Waals surface area contributed by atoms with Crippen LogP contribution in [0.1, 0.15) is 41.6 Å². The molecule has 5 nitrogen and oxygen atoms in total. The number of nitrogens with one attached hydrogen (secondary N) is 1. The van der Waals surface area contributed by atoms with E-state index in [2.05, 4.69) is 50.5 Å². The molecule has 1 aromatic heterocycles. The Kier molecular flexibility index (Phi) is 6.57. The molecule has 1 aliphatic carbocycles. The first-order valence-corrected chi connectivity index (χ1v) is 9.59. The maximum Gasteiger partial charge on any atom is 0.193 e. The van der Waals surface area contributed by atoms with Crippen LogP contribution in [0.4, 0.5) is 11.5 Å². The summed E-state index contributed by atoms with van der Waals surface area (Å²) in [6, 6.07) is 10.7. The molecule has 1 saturated heterocycles. The molecule has 27 heavy (non-hydrogen) atoms. The van der Waals surface area contributed by atoms with Crippen molar-refractivity contribution >= 4 is 41.4 Å². The minimum absolute atomic E-state index is 0. The monoisotopic (exact) mass is 477 g/mol. The van der Waals surface area contributed by atoms with Gasteiger partial charge in [0.25, 0.3) is 0 Å². The molecule has 3 N–H and O–H groups in total. The Balaban J connectivity index is 0.00000210. The molecule has 0 radical (unpaired) electrons. The molecule has 4 rings (SSSR count). The van der Waals surface area contributed by atoms with Crippen LogP contribution in [0.5, 0.6) is 0 Å². The van der Waals surface area contributed by atoms with E-state index in [9.17, 15) is 0 Å². The van der Waals surface area contributed by atoms with Crippen molar-refractivity contribution in [1.29, 1.82) is 0 Å². The number of rotatable bonds is 4. The van der Waals surface area contributed by atoms with Crippen molar-refractivity contribution in [2.24, 2.45) is 10.7 Å². The van der Waals surface area contributed by atoms with Gasteiger partial charge < -0.3 is 16.0 Å². The van der Waals surface area contributed by atoms with Crippen molar-refractivity contribution in [1.82, 2.24) is 4.98 Å². The van der Waals surface area contributed by atoms with E-state index in [1.165, 1.54) is 36.8 Å². The Labute approximate surface area is 178 Å². The molecule has 0 amide bonds. The molecule has 6 heteroatoms. The lowest BCUT2D eigenvalue weighted by Crippen LogP contribution is -2.23. The smallest absolute Gasteiger partial charge is 0.193 e. The van der Waals surface area contributed by atoms with Crippen LogP contribution in [-0.4, -0.2) is 24.0 Å². The first kappa shape index (κ1) is 19.9. The molecular formula is C21H28IN5. The van der Waals surface area contributed by atoms with Crippen LogP contribution in [0.25, 0.3) is 0 Å². The van der Waals surface area contributed by atoms with Crippen LogP contribution in [0.3, 0.4) is 0 Å². The standard InChI is InChI=1S/C21H27N5.HI/c1-15-11-16(12-20(24-15)26-9-2-3-10-26)14-23-21(22)25-19-8-7-17-5-4-6-18(17)13-19;/h7-8,11-13H,2-6,9-10,14H2,1H3,(H3,22,23,25);1H. The highest BCUT2D eigenvalue weighted by atomic mass is 127. The third-order valence-electron chi connectivity index (χ3n) is 5.23. The molecule has 1 fully saturated rings. The lowest BCUT2D eigenvalue weighted by atomic mass is 10.1. The zero-order valence-corrected chi connectivity index (χ0v) is 18.2. The lowest BCUT2D eigenvalue weighted by Gasteiger charge is -2.17. The van der Waals surface area contributed by atoms with Gasteiger partial charge in [-0.15, -0.1) is 24.0 Å². The fraction of sp³-hybridized carbons (Fsp3) is 0.429. The second-order valence-electron chi connectivity index (χ2n) is 7.33. The van der Waals surface area contributed by atoms with Gasteiger partial charge in [0.05, 0.1) is 6.54 Å². The highest BCUT2D eigenvalue weighted by Gasteiger charge is 2.14. The number of nitrogens with zero attached hydrogens (tertiary/aromatic N) is 3. The highest BCUT2D eigenvalue weighted by Crippen LogP contribution is 2.25. The van der Waals surface area contributed by atoms with Gasteiger partial charge in [0, 0.05) is 24.5 Å². The SMILES string of the molecule is Cc1cc(CN=C(N)Nc2ccc3c(c2)CCC3)cc(N2CCCC2)n1.I. The lowest BCUT2D eigenvalue weighted by molar-refractivity contribution is 0.912. The topological polar surface area (TPSA) is 66.5 Å². The number of benzene rings is 1. The number of aliphatic imine (C=N–C) groups is 1. The Morgan fingerprint density at radius 2 is 1.89 bits per heavy atom. The van der Waals surface area contributed by atoms with Crippen molar-refractivity contribution in [3.63, 3.8) is 0 Å². The zero-order valence-electron chi connectivity index (χ0n) is 15.9. The quantitative estimate of drug-likeness (QED) is 0.397. The Morgan fingerprint density at radius 3 is 2.70 bits per heavy atom. The molecule has 144 valence electrons. The summed E-state index contributed by atoms with van der Waals surface area (Å²) >= 11 is 0. The Morgan fingerprint density at radius 1 is 1.11 bits per heavy atom. The molecule has 0 atom stereocenters. The van der Waals surface area contributed by atoms with Crippen molar-refractivity contribution in [2.75, 3.05) is 23.3 Å². The van der Waals surface area contributed by atoms with Crippen LogP contribution in [0, 0.1) is 6.92 Å². The molecule has 0 spiro atoms. The summed E-state index contributed by atoms with van der Waals surface area (Å²) in [6.07, 6.45) is 6.11. The summed E-state index contributed by atoms with van der Waals surface area (Å²) in [5, 5.41) is 3.23. The summed E-state index contributed by atoms with van der Waals surface area (Å²) in [5.41, 5.74) is 12.2. The predicted octanol–water partition coefficient (Wildman–Crippen LogP) is 4.02. The third kappa shape index (κ3) is 4.91. The van der Waals surface area contributed by atoms with Gasteiger partial charge in [-0.1, -0.05) is 6.07 Å². The van der Waals surface area contributed by atoms with E-state index in [-0.39, 0.29) is 24.0 Å². The van der Waals surface area contributed by atoms with Crippen LogP contribution < -0.4 is 16.0 Å². The molecule has 2 heterocycles. The van der Waals surface area contributed by atoms with E-state index in [0.717, 1.165) is 42.3 Å². The second-order valence-corrected chi connectivity index (χ2v) is 7.33. The van der Waals surface area contributed by atoms with E-state index < -0.39 is 0 Å². The number of nitrogens with two attached hydrogens (primary N) is 1. The van der Waals surface area contributed by atoms with Gasteiger partial charge >= 0.3 is 0 Å². The summed E-state index contributed by atoms with van der Waals surface area (Å²) < 4.78 is 0. The average molecular weight is 477 g/mol. The van der Waals surface area contributed by atoms with Crippen LogP contribution in [0.15, 0.2) is 35.3 Å². The molecule has 1 aromatic carbocycles. The van der Waals surface area contributed by atoms with E-state index >= 15 is 0 Å². The third-order valence-corrected chi connectivity index (χ3v) is 5.23. The maximum absolute atomic E-state index is 6.11. The molecule has 0 unspecified atom stereocenters. The summed E-state index contributed by atoms with van der Waals surface area (Å²) in [7, 11) is 0. The van der Waals surface area contributed by atoms with Gasteiger partial charge in [0.15, 0.2) is 5.96 Å². The Hall–Kier alpha value is -1.83. The highest BCUT2D eigenvalue weighted by molar-refractivity contribution is 14.0. The van der Waals surface area contributed by atoms with E-state index in [4.69, 9.17) is 5.73 Å². The first-order chi connectivity index (χ1) is 12.7. The number of aryl methyl sites for hydroxylation is 3. The van der Waals surface area contributed by atoms with Crippen molar-refractivity contribution in [3.8, 4) is 0 Å². The zero-order chi connectivity index (χ0) is 17.9. The summed E-state index contributed by atoms with van der Waals surface area (Å²) in [4.78, 5) is 11.6. The normalized spacial score (nSPS) is 16.2. The van der Waals surface area contributed by atoms with Gasteiger partial charge in [-0.05, 0) is 80.0 Å². The minimum Gasteiger partial charge on any atom is -0.370 e. The number of anilines is 2. The van der Waals surface area contributed by atoms with E-state index in [1.807, 2.05) is 6.92 Å². The van der Waals surface area contributed by atoms with Crippen LogP contribution >= 0.6 is 24.0 Å². The largest absolute Gasteiger partial charge is 0.370 e. The van der Waals surface area contributed by atoms with Gasteiger partial charge in [0.2, 0.25) is 0 Å². The summed E-state index contributed by atoms with van der Waals surface area (Å²) in [6.45, 7) is 4.80. The number of hydrogen-bond acceptors (Lipinski definition) is 3. The number of fused-ring (bicyclic) bond motifs is 1. The van der Waals surface area contributed by atoms with Crippen LogP contribution in [0.2, 0.25) is 0 Å². The summed E-state index contributed by atoms with van der Waals surface area (Å²) in [5.74, 6) is 1.53. The van der Waals surface area contributed by atoms with Gasteiger partial charge in [-0.25, -0.2) is 9.98 Å². The number of hydrogen-bond donors (Lipinski definition) is 2. The number of pyridine rings is 1. The number of guanidine groups is 1. The predicted molar refractivity (Wildman–Crippen MR) is 123 cm³/mol. The molecule has 1 aliphatic heterocycles. The molecule has 0 saturated carbocycles. The van der Waals surface area contributed by atoms with Crippen LogP contribution in [-0.2, 0) is 19.4 Å². The van der Waals surface area contributed by atoms with Crippen molar-refractivity contribution < 1.29 is 0 Å². The fourth-order valence-electron chi connectivity index (χ4n) is 3.93. The fourth-order valence-corrected chi connectivity index (χ4v) is 3.93. The van der Waals surface area contributed by atoms with E-state index in [1.54, 1.807) is 0 Å². The van der Waals surface area contributed by atoms with Gasteiger partial charge in [-0.2, -0.15) is 0 Å². The van der Waals surface area contributed by atoms with E-state index in [0.29, 0.717) is 12.5 Å². The maximum atomic E-state index is 6.11. The number of halogens is 1. The number of aromatic nitrogens is 1. The van der Waals surface area contributed by atoms with Gasteiger partial charge in [0.1, 0.15) is 5.82 Å². The first-order valence-electron chi connectivity index (χ1n) is 9.59. The molecular weight excluding hydrogens is 449 g/mol. The molecule has 2 aliphatic rings. The Bertz CT molecular complexity index is 827. The second kappa shape index (κ2) is 8.91. The van der Waals surface area contributed by atoms with Crippen molar-refractivity contribution in [3.05, 3.63) is 52.7 Å². The van der Waals surface area contributed by atoms with Gasteiger partial charge in [-0.3, -0.25) is 0 Å². The minimum atomic E-state index is 0. The van der Waals surface area contributed by atoms with Crippen molar-refractivity contribution in [2.45, 2.75) is 45.6 Å². The average Bonchev–Trinajstić information content (AvgIpc) is 3.31. The molecule has 2 aromatic rings.